The third kappa shape index (κ3) is 4.71. The summed E-state index contributed by atoms with van der Waals surface area (Å²) in [7, 11) is 0.542. The van der Waals surface area contributed by atoms with Crippen molar-refractivity contribution in [2.24, 2.45) is 0 Å². The summed E-state index contributed by atoms with van der Waals surface area (Å²) in [5.74, 6) is 1.43. The van der Waals surface area contributed by atoms with Crippen LogP contribution in [-0.4, -0.2) is 42.8 Å². The van der Waals surface area contributed by atoms with Crippen molar-refractivity contribution in [1.29, 1.82) is 0 Å². The Hall–Kier alpha value is -1.08. The molecule has 0 bridgehead atoms. The quantitative estimate of drug-likeness (QED) is 0.618. The Morgan fingerprint density at radius 1 is 0.818 bits per heavy atom. The van der Waals surface area contributed by atoms with Gasteiger partial charge < -0.3 is 22.8 Å². The van der Waals surface area contributed by atoms with Crippen molar-refractivity contribution in [3.8, 4) is 11.5 Å². The molecule has 5 nitrogen and oxygen atoms in total. The van der Waals surface area contributed by atoms with E-state index in [0.29, 0.717) is 31.6 Å². The predicted octanol–water partition coefficient (Wildman–Crippen LogP) is 3.14. The van der Waals surface area contributed by atoms with E-state index in [0.717, 1.165) is 16.9 Å². The standard InChI is InChI=1S/C16H28O5Si/c1-7-19-22(20-8-2,21-9-3)12-14-11-16(18-6)15(17-5)10-13(14)4/h10-11H,7-9,12H2,1-6H3. The van der Waals surface area contributed by atoms with E-state index in [2.05, 4.69) is 0 Å². The van der Waals surface area contributed by atoms with Crippen molar-refractivity contribution in [2.75, 3.05) is 34.0 Å². The molecule has 0 aliphatic rings. The molecule has 0 aliphatic heterocycles. The van der Waals surface area contributed by atoms with E-state index in [1.54, 1.807) is 14.2 Å². The molecule has 0 N–H and O–H groups in total. The van der Waals surface area contributed by atoms with E-state index in [1.165, 1.54) is 0 Å². The molecule has 0 radical (unpaired) electrons. The molecule has 22 heavy (non-hydrogen) atoms. The van der Waals surface area contributed by atoms with Crippen LogP contribution in [0.5, 0.6) is 11.5 Å². The zero-order valence-electron chi connectivity index (χ0n) is 14.5. The van der Waals surface area contributed by atoms with Gasteiger partial charge in [0.2, 0.25) is 0 Å². The summed E-state index contributed by atoms with van der Waals surface area (Å²) in [6, 6.07) is 4.57. The van der Waals surface area contributed by atoms with Gasteiger partial charge in [0.25, 0.3) is 0 Å². The van der Waals surface area contributed by atoms with Gasteiger partial charge in [-0.15, -0.1) is 0 Å². The monoisotopic (exact) mass is 328 g/mol. The number of benzene rings is 1. The van der Waals surface area contributed by atoms with Crippen molar-refractivity contribution in [1.82, 2.24) is 0 Å². The predicted molar refractivity (Wildman–Crippen MR) is 88.6 cm³/mol. The number of rotatable bonds is 10. The average molecular weight is 328 g/mol. The van der Waals surface area contributed by atoms with Crippen molar-refractivity contribution in [2.45, 2.75) is 33.7 Å². The highest BCUT2D eigenvalue weighted by Crippen LogP contribution is 2.32. The highest BCUT2D eigenvalue weighted by atomic mass is 28.4. The van der Waals surface area contributed by atoms with Gasteiger partial charge in [-0.05, 0) is 51.0 Å². The van der Waals surface area contributed by atoms with Crippen molar-refractivity contribution >= 4 is 8.80 Å². The van der Waals surface area contributed by atoms with Gasteiger partial charge in [-0.2, -0.15) is 0 Å². The van der Waals surface area contributed by atoms with Gasteiger partial charge in [-0.3, -0.25) is 0 Å². The maximum absolute atomic E-state index is 5.92. The molecule has 0 spiro atoms. The Morgan fingerprint density at radius 3 is 1.68 bits per heavy atom. The summed E-state index contributed by atoms with van der Waals surface area (Å²) in [5, 5.41) is 0. The first kappa shape index (κ1) is 19.0. The molecule has 0 aliphatic carbocycles. The van der Waals surface area contributed by atoms with Crippen molar-refractivity contribution in [3.63, 3.8) is 0 Å². The van der Waals surface area contributed by atoms with Crippen LogP contribution >= 0.6 is 0 Å². The number of methoxy groups -OCH3 is 2. The SMILES string of the molecule is CCO[Si](Cc1cc(OC)c(OC)cc1C)(OCC)OCC. The van der Waals surface area contributed by atoms with Gasteiger partial charge in [-0.25, -0.2) is 0 Å². The summed E-state index contributed by atoms with van der Waals surface area (Å²) < 4.78 is 28.5. The van der Waals surface area contributed by atoms with Gasteiger partial charge in [0.1, 0.15) is 0 Å². The maximum atomic E-state index is 5.92. The molecular weight excluding hydrogens is 300 g/mol. The van der Waals surface area contributed by atoms with Gasteiger partial charge in [-0.1, -0.05) is 0 Å². The third-order valence-corrected chi connectivity index (χ3v) is 6.34. The fraction of sp³-hybridized carbons (Fsp3) is 0.625. The molecule has 0 aromatic heterocycles. The number of ether oxygens (including phenoxy) is 2. The normalized spacial score (nSPS) is 11.5. The van der Waals surface area contributed by atoms with Gasteiger partial charge in [0, 0.05) is 25.9 Å². The molecule has 0 amide bonds. The van der Waals surface area contributed by atoms with Crippen LogP contribution in [0.4, 0.5) is 0 Å². The lowest BCUT2D eigenvalue weighted by molar-refractivity contribution is 0.0703. The minimum absolute atomic E-state index is 0.568. The van der Waals surface area contributed by atoms with E-state index < -0.39 is 8.80 Å². The van der Waals surface area contributed by atoms with E-state index in [1.807, 2.05) is 39.8 Å². The maximum Gasteiger partial charge on any atom is 0.505 e. The summed E-state index contributed by atoms with van der Waals surface area (Å²) in [4.78, 5) is 0. The third-order valence-electron chi connectivity index (χ3n) is 3.34. The summed E-state index contributed by atoms with van der Waals surface area (Å²) in [5.41, 5.74) is 2.20. The minimum atomic E-state index is -2.73. The van der Waals surface area contributed by atoms with Crippen LogP contribution in [0.25, 0.3) is 0 Å². The molecule has 1 rings (SSSR count). The first-order chi connectivity index (χ1) is 10.6. The van der Waals surface area contributed by atoms with Crippen LogP contribution in [0.2, 0.25) is 0 Å². The molecule has 1 aromatic carbocycles. The Bertz CT molecular complexity index is 447. The van der Waals surface area contributed by atoms with E-state index in [9.17, 15) is 0 Å². The smallest absolute Gasteiger partial charge is 0.493 e. The van der Waals surface area contributed by atoms with E-state index >= 15 is 0 Å². The second-order valence-electron chi connectivity index (χ2n) is 4.79. The zero-order chi connectivity index (χ0) is 16.6. The lowest BCUT2D eigenvalue weighted by atomic mass is 10.1. The molecule has 0 fully saturated rings. The Balaban J connectivity index is 3.16. The van der Waals surface area contributed by atoms with E-state index in [-0.39, 0.29) is 0 Å². The minimum Gasteiger partial charge on any atom is -0.493 e. The topological polar surface area (TPSA) is 46.2 Å². The Morgan fingerprint density at radius 2 is 1.27 bits per heavy atom. The largest absolute Gasteiger partial charge is 0.505 e. The molecular formula is C16H28O5Si. The second kappa shape index (κ2) is 9.15. The van der Waals surface area contributed by atoms with Crippen LogP contribution in [0, 0.1) is 6.92 Å². The van der Waals surface area contributed by atoms with Crippen LogP contribution < -0.4 is 9.47 Å². The fourth-order valence-corrected chi connectivity index (χ4v) is 5.11. The van der Waals surface area contributed by atoms with Crippen LogP contribution in [0.15, 0.2) is 12.1 Å². The molecule has 0 saturated carbocycles. The van der Waals surface area contributed by atoms with Gasteiger partial charge >= 0.3 is 8.80 Å². The van der Waals surface area contributed by atoms with Crippen molar-refractivity contribution < 1.29 is 22.8 Å². The zero-order valence-corrected chi connectivity index (χ0v) is 15.5. The lowest BCUT2D eigenvalue weighted by Gasteiger charge is -2.29. The molecule has 0 heterocycles. The summed E-state index contributed by atoms with van der Waals surface area (Å²) >= 11 is 0. The van der Waals surface area contributed by atoms with Crippen LogP contribution in [-0.2, 0) is 19.3 Å². The number of hydrogen-bond acceptors (Lipinski definition) is 5. The number of hydrogen-bond donors (Lipinski definition) is 0. The van der Waals surface area contributed by atoms with Gasteiger partial charge in [0.15, 0.2) is 11.5 Å². The first-order valence-electron chi connectivity index (χ1n) is 7.69. The molecule has 1 aromatic rings. The van der Waals surface area contributed by atoms with E-state index in [4.69, 9.17) is 22.8 Å². The molecule has 126 valence electrons. The number of aryl methyl sites for hydroxylation is 1. The van der Waals surface area contributed by atoms with Crippen LogP contribution in [0.1, 0.15) is 31.9 Å². The van der Waals surface area contributed by atoms with Crippen molar-refractivity contribution in [3.05, 3.63) is 23.3 Å². The Labute approximate surface area is 134 Å². The first-order valence-corrected chi connectivity index (χ1v) is 9.62. The summed E-state index contributed by atoms with van der Waals surface area (Å²) in [6.07, 6.45) is 0. The molecule has 0 atom stereocenters. The average Bonchev–Trinajstić information content (AvgIpc) is 2.49. The Kier molecular flexibility index (Phi) is 7.88. The second-order valence-corrected chi connectivity index (χ2v) is 7.38. The molecule has 0 unspecified atom stereocenters. The lowest BCUT2D eigenvalue weighted by Crippen LogP contribution is -2.48. The highest BCUT2D eigenvalue weighted by Gasteiger charge is 2.41. The van der Waals surface area contributed by atoms with Crippen LogP contribution in [0.3, 0.4) is 0 Å². The summed E-state index contributed by atoms with van der Waals surface area (Å²) in [6.45, 7) is 9.62. The molecule has 6 heteroatoms. The fourth-order valence-electron chi connectivity index (χ4n) is 2.38. The molecule has 0 saturated heterocycles. The highest BCUT2D eigenvalue weighted by molar-refractivity contribution is 6.60. The van der Waals surface area contributed by atoms with Gasteiger partial charge in [0.05, 0.1) is 14.2 Å².